The number of hydrogen-bond donors (Lipinski definition) is 4. The molecule has 4 atom stereocenters. The highest BCUT2D eigenvalue weighted by molar-refractivity contribution is 5.23. The summed E-state index contributed by atoms with van der Waals surface area (Å²) in [7, 11) is 0. The van der Waals surface area contributed by atoms with Crippen molar-refractivity contribution in [1.29, 1.82) is 0 Å². The third kappa shape index (κ3) is 2.21. The summed E-state index contributed by atoms with van der Waals surface area (Å²) >= 11 is 0. The van der Waals surface area contributed by atoms with Crippen LogP contribution in [0, 0.1) is 0 Å². The number of aliphatic hydroxyl groups excluding tert-OH is 2. The number of ether oxygens (including phenoxy) is 1. The van der Waals surface area contributed by atoms with E-state index in [9.17, 15) is 15.0 Å². The van der Waals surface area contributed by atoms with Gasteiger partial charge in [0.05, 0.1) is 6.61 Å². The van der Waals surface area contributed by atoms with Crippen molar-refractivity contribution in [3.63, 3.8) is 0 Å². The number of aromatic nitrogens is 2. The van der Waals surface area contributed by atoms with Crippen LogP contribution >= 0.6 is 0 Å². The molecule has 100 valence electrons. The molecular formula is C9H14N4O5. The van der Waals surface area contributed by atoms with E-state index < -0.39 is 30.2 Å². The van der Waals surface area contributed by atoms with Crippen LogP contribution in [0.15, 0.2) is 17.1 Å². The van der Waals surface area contributed by atoms with Crippen molar-refractivity contribution in [2.24, 2.45) is 5.90 Å². The van der Waals surface area contributed by atoms with Crippen LogP contribution in [0.2, 0.25) is 0 Å². The first kappa shape index (κ1) is 12.9. The maximum atomic E-state index is 11.6. The lowest BCUT2D eigenvalue weighted by Crippen LogP contribution is -2.36. The van der Waals surface area contributed by atoms with E-state index in [2.05, 4.69) is 9.82 Å². The number of nitrogens with two attached hydrogens (primary N) is 2. The standard InChI is InChI=1S/C9H14N4O5/c10-5-1-2-13(9(16)12-5)8-7(15)6(14)4(18-8)3-17-11/h1-2,4,6-8,14-15H,3,11H2,(H2,10,12,16)/t4-,6-,7-,8-/m1/s1. The predicted molar refractivity (Wildman–Crippen MR) is 59.0 cm³/mol. The first-order valence-corrected chi connectivity index (χ1v) is 5.22. The molecule has 2 rings (SSSR count). The highest BCUT2D eigenvalue weighted by atomic mass is 16.6. The smallest absolute Gasteiger partial charge is 0.351 e. The highest BCUT2D eigenvalue weighted by Crippen LogP contribution is 2.28. The molecule has 6 N–H and O–H groups in total. The molecule has 1 aliphatic rings. The van der Waals surface area contributed by atoms with Crippen LogP contribution in [-0.4, -0.2) is 44.7 Å². The molecule has 1 saturated heterocycles. The summed E-state index contributed by atoms with van der Waals surface area (Å²) in [5, 5.41) is 19.5. The molecule has 9 heteroatoms. The van der Waals surface area contributed by atoms with Gasteiger partial charge in [0, 0.05) is 6.20 Å². The summed E-state index contributed by atoms with van der Waals surface area (Å²) in [6, 6.07) is 1.39. The van der Waals surface area contributed by atoms with E-state index in [1.54, 1.807) is 0 Å². The molecule has 0 amide bonds. The van der Waals surface area contributed by atoms with E-state index >= 15 is 0 Å². The summed E-state index contributed by atoms with van der Waals surface area (Å²) in [5.74, 6) is 4.94. The van der Waals surface area contributed by atoms with Crippen molar-refractivity contribution in [3.8, 4) is 0 Å². The van der Waals surface area contributed by atoms with Gasteiger partial charge in [0.1, 0.15) is 24.1 Å². The van der Waals surface area contributed by atoms with Gasteiger partial charge >= 0.3 is 5.69 Å². The van der Waals surface area contributed by atoms with E-state index in [0.717, 1.165) is 4.57 Å². The Balaban J connectivity index is 2.26. The second-order valence-electron chi connectivity index (χ2n) is 3.92. The minimum absolute atomic E-state index is 0.0612. The average molecular weight is 258 g/mol. The Bertz CT molecular complexity index is 478. The molecule has 9 nitrogen and oxygen atoms in total. The fourth-order valence-electron chi connectivity index (χ4n) is 1.81. The first-order chi connectivity index (χ1) is 8.54. The van der Waals surface area contributed by atoms with Crippen LogP contribution in [0.25, 0.3) is 0 Å². The van der Waals surface area contributed by atoms with Gasteiger partial charge in [0.15, 0.2) is 6.23 Å². The minimum atomic E-state index is -1.28. The van der Waals surface area contributed by atoms with Gasteiger partial charge in [0.25, 0.3) is 0 Å². The molecular weight excluding hydrogens is 244 g/mol. The van der Waals surface area contributed by atoms with E-state index in [1.165, 1.54) is 12.3 Å². The lowest BCUT2D eigenvalue weighted by atomic mass is 10.1. The largest absolute Gasteiger partial charge is 0.387 e. The van der Waals surface area contributed by atoms with Gasteiger partial charge in [-0.1, -0.05) is 0 Å². The molecule has 0 aromatic carbocycles. The lowest BCUT2D eigenvalue weighted by Gasteiger charge is -2.16. The Labute approximate surface area is 102 Å². The van der Waals surface area contributed by atoms with E-state index in [1.807, 2.05) is 0 Å². The number of nitrogen functional groups attached to an aromatic ring is 1. The number of hydrogen-bond acceptors (Lipinski definition) is 8. The molecule has 0 saturated carbocycles. The van der Waals surface area contributed by atoms with Crippen molar-refractivity contribution < 1.29 is 19.8 Å². The summed E-state index contributed by atoms with van der Waals surface area (Å²) < 4.78 is 6.35. The molecule has 0 aliphatic carbocycles. The van der Waals surface area contributed by atoms with Gasteiger partial charge in [-0.2, -0.15) is 4.98 Å². The Morgan fingerprint density at radius 1 is 1.50 bits per heavy atom. The fraction of sp³-hybridized carbons (Fsp3) is 0.556. The van der Waals surface area contributed by atoms with E-state index in [-0.39, 0.29) is 12.4 Å². The minimum Gasteiger partial charge on any atom is -0.387 e. The Kier molecular flexibility index (Phi) is 3.59. The quantitative estimate of drug-likeness (QED) is 0.429. The van der Waals surface area contributed by atoms with Crippen molar-refractivity contribution in [2.45, 2.75) is 24.5 Å². The van der Waals surface area contributed by atoms with Gasteiger partial charge in [-0.15, -0.1) is 0 Å². The van der Waals surface area contributed by atoms with Crippen LogP contribution in [-0.2, 0) is 9.57 Å². The van der Waals surface area contributed by atoms with Gasteiger partial charge in [-0.25, -0.2) is 10.7 Å². The van der Waals surface area contributed by atoms with Crippen LogP contribution in [0.4, 0.5) is 5.82 Å². The predicted octanol–water partition coefficient (Wildman–Crippen LogP) is -2.66. The molecule has 1 fully saturated rings. The summed E-state index contributed by atoms with van der Waals surface area (Å²) in [6.07, 6.45) is -3.03. The third-order valence-corrected chi connectivity index (χ3v) is 2.72. The monoisotopic (exact) mass is 258 g/mol. The van der Waals surface area contributed by atoms with Gasteiger partial charge in [-0.05, 0) is 6.07 Å². The van der Waals surface area contributed by atoms with Crippen molar-refractivity contribution in [2.75, 3.05) is 12.3 Å². The fourth-order valence-corrected chi connectivity index (χ4v) is 1.81. The number of nitrogens with zero attached hydrogens (tertiary/aromatic N) is 2. The zero-order chi connectivity index (χ0) is 13.3. The average Bonchev–Trinajstić information content (AvgIpc) is 2.58. The zero-order valence-electron chi connectivity index (χ0n) is 9.34. The van der Waals surface area contributed by atoms with Gasteiger partial charge < -0.3 is 25.5 Å². The summed E-state index contributed by atoms with van der Waals surface area (Å²) in [5.41, 5.74) is 4.67. The normalized spacial score (nSPS) is 31.7. The van der Waals surface area contributed by atoms with Crippen molar-refractivity contribution in [3.05, 3.63) is 22.7 Å². The van der Waals surface area contributed by atoms with E-state index in [0.29, 0.717) is 0 Å². The molecule has 0 spiro atoms. The third-order valence-electron chi connectivity index (χ3n) is 2.72. The zero-order valence-corrected chi connectivity index (χ0v) is 9.34. The molecule has 0 unspecified atom stereocenters. The van der Waals surface area contributed by atoms with Crippen LogP contribution in [0.5, 0.6) is 0 Å². The molecule has 18 heavy (non-hydrogen) atoms. The molecule has 0 bridgehead atoms. The molecule has 1 aliphatic heterocycles. The molecule has 1 aromatic rings. The van der Waals surface area contributed by atoms with E-state index in [4.69, 9.17) is 16.4 Å². The first-order valence-electron chi connectivity index (χ1n) is 5.22. The molecule has 2 heterocycles. The maximum Gasteiger partial charge on any atom is 0.351 e. The van der Waals surface area contributed by atoms with Crippen LogP contribution < -0.4 is 17.3 Å². The van der Waals surface area contributed by atoms with Gasteiger partial charge in [0.2, 0.25) is 0 Å². The SMILES string of the molecule is NOC[C@H]1O[C@@H](n2ccc(N)nc2=O)[C@H](O)[C@@H]1O. The molecule has 1 aromatic heterocycles. The summed E-state index contributed by atoms with van der Waals surface area (Å²) in [4.78, 5) is 19.5. The molecule has 0 radical (unpaired) electrons. The second-order valence-corrected chi connectivity index (χ2v) is 3.92. The summed E-state index contributed by atoms with van der Waals surface area (Å²) in [6.45, 7) is -0.105. The van der Waals surface area contributed by atoms with Crippen LogP contribution in [0.1, 0.15) is 6.23 Å². The Morgan fingerprint density at radius 3 is 2.83 bits per heavy atom. The van der Waals surface area contributed by atoms with Crippen molar-refractivity contribution >= 4 is 5.82 Å². The topological polar surface area (TPSA) is 146 Å². The number of aliphatic hydroxyl groups is 2. The van der Waals surface area contributed by atoms with Crippen LogP contribution in [0.3, 0.4) is 0 Å². The number of rotatable bonds is 3. The number of anilines is 1. The second kappa shape index (κ2) is 5.00. The Hall–Kier alpha value is -1.52. The lowest BCUT2D eigenvalue weighted by molar-refractivity contribution is -0.0689. The Morgan fingerprint density at radius 2 is 2.22 bits per heavy atom. The van der Waals surface area contributed by atoms with Crippen molar-refractivity contribution in [1.82, 2.24) is 9.55 Å². The maximum absolute atomic E-state index is 11.6. The highest BCUT2D eigenvalue weighted by Gasteiger charge is 2.44. The van der Waals surface area contributed by atoms with Gasteiger partial charge in [-0.3, -0.25) is 4.57 Å².